The summed E-state index contributed by atoms with van der Waals surface area (Å²) in [7, 11) is 0. The SMILES string of the molecule is Clc1cc(Cl)c(Cl)c(CNc2ncnc3nc[nH]c23)c1. The molecular formula is C12H8Cl3N5. The maximum atomic E-state index is 6.15. The van der Waals surface area contributed by atoms with Gasteiger partial charge < -0.3 is 10.3 Å². The number of hydrogen-bond acceptors (Lipinski definition) is 4. The number of rotatable bonds is 3. The number of benzene rings is 1. The number of halogens is 3. The summed E-state index contributed by atoms with van der Waals surface area (Å²) in [6, 6.07) is 3.36. The number of hydrogen-bond donors (Lipinski definition) is 2. The topological polar surface area (TPSA) is 66.5 Å². The highest BCUT2D eigenvalue weighted by Gasteiger charge is 2.09. The molecule has 3 rings (SSSR count). The molecule has 8 heteroatoms. The maximum absolute atomic E-state index is 6.15. The minimum absolute atomic E-state index is 0.422. The predicted molar refractivity (Wildman–Crippen MR) is 80.5 cm³/mol. The monoisotopic (exact) mass is 327 g/mol. The van der Waals surface area contributed by atoms with Crippen LogP contribution in [0.1, 0.15) is 5.56 Å². The minimum Gasteiger partial charge on any atom is -0.364 e. The highest BCUT2D eigenvalue weighted by molar-refractivity contribution is 6.43. The van der Waals surface area contributed by atoms with Crippen LogP contribution >= 0.6 is 34.8 Å². The van der Waals surface area contributed by atoms with Crippen LogP contribution in [-0.2, 0) is 6.54 Å². The van der Waals surface area contributed by atoms with E-state index < -0.39 is 0 Å². The van der Waals surface area contributed by atoms with Gasteiger partial charge in [0.05, 0.1) is 16.4 Å². The standard InChI is InChI=1S/C12H8Cl3N5/c13-7-1-6(9(15)8(14)2-7)3-16-11-10-12(18-4-17-10)20-5-19-11/h1-2,4-5H,3H2,(H2,16,17,18,19,20). The highest BCUT2D eigenvalue weighted by atomic mass is 35.5. The fraction of sp³-hybridized carbons (Fsp3) is 0.0833. The summed E-state index contributed by atoms with van der Waals surface area (Å²) in [4.78, 5) is 15.3. The van der Waals surface area contributed by atoms with Crippen LogP contribution in [0.4, 0.5) is 5.82 Å². The molecule has 0 amide bonds. The third-order valence-corrected chi connectivity index (χ3v) is 3.80. The molecule has 0 fully saturated rings. The van der Waals surface area contributed by atoms with Gasteiger partial charge in [0.25, 0.3) is 0 Å². The van der Waals surface area contributed by atoms with Crippen LogP contribution in [0.15, 0.2) is 24.8 Å². The van der Waals surface area contributed by atoms with E-state index in [2.05, 4.69) is 25.3 Å². The molecule has 0 radical (unpaired) electrons. The van der Waals surface area contributed by atoms with Gasteiger partial charge in [-0.2, -0.15) is 0 Å². The van der Waals surface area contributed by atoms with Gasteiger partial charge in [0.2, 0.25) is 0 Å². The molecule has 2 heterocycles. The van der Waals surface area contributed by atoms with E-state index in [-0.39, 0.29) is 0 Å². The highest BCUT2D eigenvalue weighted by Crippen LogP contribution is 2.30. The minimum atomic E-state index is 0.422. The van der Waals surface area contributed by atoms with Crippen molar-refractivity contribution in [2.45, 2.75) is 6.54 Å². The van der Waals surface area contributed by atoms with Gasteiger partial charge in [-0.3, -0.25) is 0 Å². The van der Waals surface area contributed by atoms with Crippen LogP contribution < -0.4 is 5.32 Å². The Labute approximate surface area is 129 Å². The van der Waals surface area contributed by atoms with Crippen molar-refractivity contribution in [2.24, 2.45) is 0 Å². The zero-order chi connectivity index (χ0) is 14.1. The zero-order valence-electron chi connectivity index (χ0n) is 9.99. The van der Waals surface area contributed by atoms with E-state index in [0.717, 1.165) is 11.1 Å². The lowest BCUT2D eigenvalue weighted by atomic mass is 10.2. The van der Waals surface area contributed by atoms with Crippen LogP contribution in [0.3, 0.4) is 0 Å². The Balaban J connectivity index is 1.88. The largest absolute Gasteiger partial charge is 0.364 e. The van der Waals surface area contributed by atoms with Crippen molar-refractivity contribution in [3.63, 3.8) is 0 Å². The average Bonchev–Trinajstić information content (AvgIpc) is 2.90. The molecule has 3 aromatic rings. The molecule has 20 heavy (non-hydrogen) atoms. The second kappa shape index (κ2) is 5.44. The van der Waals surface area contributed by atoms with E-state index in [0.29, 0.717) is 33.1 Å². The fourth-order valence-corrected chi connectivity index (χ4v) is 2.53. The van der Waals surface area contributed by atoms with Crippen molar-refractivity contribution in [1.82, 2.24) is 19.9 Å². The van der Waals surface area contributed by atoms with Gasteiger partial charge in [-0.05, 0) is 17.7 Å². The number of imidazole rings is 1. The smallest absolute Gasteiger partial charge is 0.182 e. The first-order chi connectivity index (χ1) is 9.65. The number of nitrogens with zero attached hydrogens (tertiary/aromatic N) is 3. The lowest BCUT2D eigenvalue weighted by Crippen LogP contribution is -2.03. The molecule has 0 bridgehead atoms. The van der Waals surface area contributed by atoms with Gasteiger partial charge in [-0.15, -0.1) is 0 Å². The molecule has 0 saturated carbocycles. The molecule has 0 spiro atoms. The first kappa shape index (κ1) is 13.4. The lowest BCUT2D eigenvalue weighted by Gasteiger charge is -2.09. The van der Waals surface area contributed by atoms with Crippen LogP contribution in [0.5, 0.6) is 0 Å². The van der Waals surface area contributed by atoms with Crippen LogP contribution in [0.2, 0.25) is 15.1 Å². The van der Waals surface area contributed by atoms with E-state index in [1.165, 1.54) is 6.33 Å². The van der Waals surface area contributed by atoms with E-state index >= 15 is 0 Å². The van der Waals surface area contributed by atoms with Crippen molar-refractivity contribution >= 4 is 51.8 Å². The second-order valence-corrected chi connectivity index (χ2v) is 5.26. The average molecular weight is 329 g/mol. The third kappa shape index (κ3) is 2.52. The second-order valence-electron chi connectivity index (χ2n) is 4.04. The molecule has 5 nitrogen and oxygen atoms in total. The van der Waals surface area contributed by atoms with Crippen molar-refractivity contribution in [1.29, 1.82) is 0 Å². The van der Waals surface area contributed by atoms with Gasteiger partial charge in [-0.1, -0.05) is 34.8 Å². The molecule has 1 aromatic carbocycles. The Kier molecular flexibility index (Phi) is 3.65. The summed E-state index contributed by atoms with van der Waals surface area (Å²) in [5.74, 6) is 0.639. The van der Waals surface area contributed by atoms with Crippen molar-refractivity contribution in [3.8, 4) is 0 Å². The Bertz CT molecular complexity index is 771. The third-order valence-electron chi connectivity index (χ3n) is 2.74. The Hall–Kier alpha value is -1.56. The van der Waals surface area contributed by atoms with Crippen molar-refractivity contribution < 1.29 is 0 Å². The first-order valence-electron chi connectivity index (χ1n) is 5.66. The Morgan fingerprint density at radius 1 is 1.10 bits per heavy atom. The summed E-state index contributed by atoms with van der Waals surface area (Å²) in [5.41, 5.74) is 2.12. The molecule has 0 aliphatic carbocycles. The van der Waals surface area contributed by atoms with Crippen LogP contribution in [-0.4, -0.2) is 19.9 Å². The molecule has 102 valence electrons. The van der Waals surface area contributed by atoms with Gasteiger partial charge in [0, 0.05) is 11.6 Å². The number of anilines is 1. The van der Waals surface area contributed by atoms with Gasteiger partial charge in [-0.25, -0.2) is 15.0 Å². The van der Waals surface area contributed by atoms with Crippen LogP contribution in [0.25, 0.3) is 11.2 Å². The predicted octanol–water partition coefficient (Wildman–Crippen LogP) is 3.93. The summed E-state index contributed by atoms with van der Waals surface area (Å²) >= 11 is 18.1. The van der Waals surface area contributed by atoms with Gasteiger partial charge in [0.15, 0.2) is 11.5 Å². The number of aromatic nitrogens is 4. The van der Waals surface area contributed by atoms with E-state index in [1.807, 2.05) is 0 Å². The molecular weight excluding hydrogens is 321 g/mol. The van der Waals surface area contributed by atoms with E-state index in [4.69, 9.17) is 34.8 Å². The summed E-state index contributed by atoms with van der Waals surface area (Å²) in [6.45, 7) is 0.435. The van der Waals surface area contributed by atoms with E-state index in [1.54, 1.807) is 18.5 Å². The number of H-pyrrole nitrogens is 1. The maximum Gasteiger partial charge on any atom is 0.182 e. The lowest BCUT2D eigenvalue weighted by molar-refractivity contribution is 1.10. The zero-order valence-corrected chi connectivity index (χ0v) is 12.3. The molecule has 0 saturated heterocycles. The van der Waals surface area contributed by atoms with Crippen molar-refractivity contribution in [3.05, 3.63) is 45.4 Å². The Morgan fingerprint density at radius 3 is 2.80 bits per heavy atom. The van der Waals surface area contributed by atoms with Gasteiger partial charge >= 0.3 is 0 Å². The molecule has 0 aliphatic heterocycles. The normalized spacial score (nSPS) is 10.9. The fourth-order valence-electron chi connectivity index (χ4n) is 1.82. The van der Waals surface area contributed by atoms with Crippen molar-refractivity contribution in [2.75, 3.05) is 5.32 Å². The summed E-state index contributed by atoms with van der Waals surface area (Å²) in [6.07, 6.45) is 3.01. The molecule has 2 aromatic heterocycles. The molecule has 0 unspecified atom stereocenters. The first-order valence-corrected chi connectivity index (χ1v) is 6.80. The number of aromatic amines is 1. The molecule has 0 aliphatic rings. The number of nitrogens with one attached hydrogen (secondary N) is 2. The molecule has 2 N–H and O–H groups in total. The Morgan fingerprint density at radius 2 is 1.95 bits per heavy atom. The molecule has 0 atom stereocenters. The summed E-state index contributed by atoms with van der Waals surface area (Å²) < 4.78 is 0. The van der Waals surface area contributed by atoms with Crippen LogP contribution in [0, 0.1) is 0 Å². The summed E-state index contributed by atoms with van der Waals surface area (Å²) in [5, 5.41) is 4.59. The quantitative estimate of drug-likeness (QED) is 0.715. The number of fused-ring (bicyclic) bond motifs is 1. The van der Waals surface area contributed by atoms with Gasteiger partial charge in [0.1, 0.15) is 11.8 Å². The van der Waals surface area contributed by atoms with E-state index in [9.17, 15) is 0 Å².